The molecule has 2 heteroatoms. The molecule has 16 heavy (non-hydrogen) atoms. The number of rotatable bonds is 2. The van der Waals surface area contributed by atoms with Crippen molar-refractivity contribution in [2.24, 2.45) is 5.92 Å². The molecule has 1 atom stereocenters. The van der Waals surface area contributed by atoms with Gasteiger partial charge in [0.25, 0.3) is 0 Å². The van der Waals surface area contributed by atoms with Gasteiger partial charge >= 0.3 is 0 Å². The highest BCUT2D eigenvalue weighted by Gasteiger charge is 2.29. The second kappa shape index (κ2) is 4.69. The molecule has 1 heterocycles. The zero-order valence-corrected chi connectivity index (χ0v) is 10.1. The van der Waals surface area contributed by atoms with Crippen LogP contribution in [0.15, 0.2) is 30.3 Å². The lowest BCUT2D eigenvalue weighted by atomic mass is 10.0. The van der Waals surface area contributed by atoms with Crippen LogP contribution >= 0.6 is 0 Å². The van der Waals surface area contributed by atoms with E-state index in [-0.39, 0.29) is 0 Å². The van der Waals surface area contributed by atoms with Crippen LogP contribution in [0.5, 0.6) is 0 Å². The minimum absolute atomic E-state index is 0.549. The molecule has 1 fully saturated rings. The maximum absolute atomic E-state index is 8.28. The van der Waals surface area contributed by atoms with Crippen LogP contribution in [0.25, 0.3) is 0 Å². The maximum Gasteiger partial charge on any atom is 0.128 e. The highest BCUT2D eigenvalue weighted by atomic mass is 15.2. The van der Waals surface area contributed by atoms with E-state index in [1.807, 2.05) is 30.3 Å². The molecular weight excluding hydrogens is 196 g/mol. The van der Waals surface area contributed by atoms with Crippen molar-refractivity contribution in [2.75, 3.05) is 6.54 Å². The third kappa shape index (κ3) is 2.11. The summed E-state index contributed by atoms with van der Waals surface area (Å²) in [5, 5.41) is 8.28. The number of hydrogen-bond donors (Lipinski definition) is 1. The van der Waals surface area contributed by atoms with Crippen LogP contribution in [-0.4, -0.2) is 23.3 Å². The van der Waals surface area contributed by atoms with Gasteiger partial charge in [0.2, 0.25) is 0 Å². The van der Waals surface area contributed by atoms with E-state index in [0.29, 0.717) is 17.8 Å². The van der Waals surface area contributed by atoms with Gasteiger partial charge in [-0.25, -0.2) is 0 Å². The van der Waals surface area contributed by atoms with Crippen molar-refractivity contribution >= 4 is 5.84 Å². The van der Waals surface area contributed by atoms with Gasteiger partial charge in [-0.3, -0.25) is 5.41 Å². The Kier molecular flexibility index (Phi) is 3.28. The molecule has 0 saturated carbocycles. The van der Waals surface area contributed by atoms with Crippen LogP contribution in [0.1, 0.15) is 32.3 Å². The van der Waals surface area contributed by atoms with E-state index < -0.39 is 0 Å². The van der Waals surface area contributed by atoms with Crippen LogP contribution in [0, 0.1) is 11.3 Å². The monoisotopic (exact) mass is 216 g/mol. The van der Waals surface area contributed by atoms with Gasteiger partial charge in [-0.05, 0) is 18.8 Å². The van der Waals surface area contributed by atoms with Crippen molar-refractivity contribution in [1.29, 1.82) is 5.41 Å². The molecule has 0 amide bonds. The first-order chi connectivity index (χ1) is 7.70. The number of likely N-dealkylation sites (tertiary alicyclic amines) is 1. The van der Waals surface area contributed by atoms with Crippen molar-refractivity contribution < 1.29 is 0 Å². The lowest BCUT2D eigenvalue weighted by Crippen LogP contribution is -2.38. The number of nitrogens with one attached hydrogen (secondary N) is 1. The average molecular weight is 216 g/mol. The lowest BCUT2D eigenvalue weighted by Gasteiger charge is -2.29. The summed E-state index contributed by atoms with van der Waals surface area (Å²) in [7, 11) is 0. The van der Waals surface area contributed by atoms with E-state index in [1.54, 1.807) is 0 Å². The average Bonchev–Trinajstić information content (AvgIpc) is 2.78. The Labute approximate surface area is 97.8 Å². The third-order valence-corrected chi connectivity index (χ3v) is 3.40. The van der Waals surface area contributed by atoms with Crippen molar-refractivity contribution in [3.05, 3.63) is 35.9 Å². The normalized spacial score (nSPS) is 20.4. The summed E-state index contributed by atoms with van der Waals surface area (Å²) in [6, 6.07) is 10.6. The summed E-state index contributed by atoms with van der Waals surface area (Å²) in [5.41, 5.74) is 1.04. The van der Waals surface area contributed by atoms with E-state index in [1.165, 1.54) is 12.8 Å². The van der Waals surface area contributed by atoms with Crippen LogP contribution in [0.3, 0.4) is 0 Å². The topological polar surface area (TPSA) is 27.1 Å². The quantitative estimate of drug-likeness (QED) is 0.597. The second-order valence-electron chi connectivity index (χ2n) is 4.86. The van der Waals surface area contributed by atoms with Gasteiger partial charge in [0, 0.05) is 18.2 Å². The van der Waals surface area contributed by atoms with Crippen molar-refractivity contribution in [2.45, 2.75) is 32.7 Å². The number of nitrogens with zero attached hydrogens (tertiary/aromatic N) is 1. The Hall–Kier alpha value is -1.31. The molecule has 0 radical (unpaired) electrons. The van der Waals surface area contributed by atoms with E-state index in [9.17, 15) is 0 Å². The van der Waals surface area contributed by atoms with Gasteiger partial charge in [-0.2, -0.15) is 0 Å². The fourth-order valence-electron chi connectivity index (χ4n) is 2.53. The van der Waals surface area contributed by atoms with Crippen molar-refractivity contribution in [3.8, 4) is 0 Å². The highest BCUT2D eigenvalue weighted by molar-refractivity contribution is 5.96. The minimum atomic E-state index is 0.549. The van der Waals surface area contributed by atoms with E-state index in [4.69, 9.17) is 5.41 Å². The fourth-order valence-corrected chi connectivity index (χ4v) is 2.53. The summed E-state index contributed by atoms with van der Waals surface area (Å²) in [6.45, 7) is 5.54. The predicted molar refractivity (Wildman–Crippen MR) is 67.8 cm³/mol. The molecule has 1 saturated heterocycles. The second-order valence-corrected chi connectivity index (χ2v) is 4.86. The Morgan fingerprint density at radius 1 is 1.31 bits per heavy atom. The first-order valence-electron chi connectivity index (χ1n) is 6.10. The molecule has 2 nitrogen and oxygen atoms in total. The molecule has 0 spiro atoms. The first-order valence-corrected chi connectivity index (χ1v) is 6.10. The molecule has 0 aliphatic carbocycles. The first kappa shape index (κ1) is 11.2. The Balaban J connectivity index is 2.16. The van der Waals surface area contributed by atoms with Crippen LogP contribution in [0.2, 0.25) is 0 Å². The molecule has 0 bridgehead atoms. The highest BCUT2D eigenvalue weighted by Crippen LogP contribution is 2.25. The molecule has 1 aromatic carbocycles. The SMILES string of the molecule is CC(C)C1CCCN1C(=N)c1ccccc1. The number of benzene rings is 1. The van der Waals surface area contributed by atoms with Crippen molar-refractivity contribution in [3.63, 3.8) is 0 Å². The summed E-state index contributed by atoms with van der Waals surface area (Å²) in [6.07, 6.45) is 2.45. The largest absolute Gasteiger partial charge is 0.353 e. The van der Waals surface area contributed by atoms with E-state index >= 15 is 0 Å². The van der Waals surface area contributed by atoms with Crippen LogP contribution in [-0.2, 0) is 0 Å². The van der Waals surface area contributed by atoms with Crippen molar-refractivity contribution in [1.82, 2.24) is 4.90 Å². The summed E-state index contributed by atoms with van der Waals surface area (Å²) >= 11 is 0. The fraction of sp³-hybridized carbons (Fsp3) is 0.500. The molecule has 0 aromatic heterocycles. The summed E-state index contributed by atoms with van der Waals surface area (Å²) < 4.78 is 0. The number of hydrogen-bond acceptors (Lipinski definition) is 1. The third-order valence-electron chi connectivity index (χ3n) is 3.40. The Morgan fingerprint density at radius 3 is 2.62 bits per heavy atom. The standard InChI is InChI=1S/C14H20N2/c1-11(2)13-9-6-10-16(13)14(15)12-7-4-3-5-8-12/h3-5,7-8,11,13,15H,6,9-10H2,1-2H3. The summed E-state index contributed by atoms with van der Waals surface area (Å²) in [4.78, 5) is 2.26. The molecule has 2 rings (SSSR count). The zero-order chi connectivity index (χ0) is 11.5. The van der Waals surface area contributed by atoms with Gasteiger partial charge in [-0.1, -0.05) is 44.2 Å². The van der Waals surface area contributed by atoms with Crippen LogP contribution in [0.4, 0.5) is 0 Å². The van der Waals surface area contributed by atoms with Crippen LogP contribution < -0.4 is 0 Å². The number of amidine groups is 1. The molecule has 86 valence electrons. The molecular formula is C14H20N2. The van der Waals surface area contributed by atoms with Gasteiger partial charge in [0.05, 0.1) is 0 Å². The molecule has 1 aliphatic rings. The molecule has 1 aliphatic heterocycles. The smallest absolute Gasteiger partial charge is 0.128 e. The molecule has 1 aromatic rings. The van der Waals surface area contributed by atoms with E-state index in [2.05, 4.69) is 18.7 Å². The van der Waals surface area contributed by atoms with Gasteiger partial charge in [0.15, 0.2) is 0 Å². The van der Waals surface area contributed by atoms with Gasteiger partial charge < -0.3 is 4.90 Å². The zero-order valence-electron chi connectivity index (χ0n) is 10.1. The minimum Gasteiger partial charge on any atom is -0.353 e. The molecule has 1 N–H and O–H groups in total. The predicted octanol–water partition coefficient (Wildman–Crippen LogP) is 3.13. The van der Waals surface area contributed by atoms with Gasteiger partial charge in [0.1, 0.15) is 5.84 Å². The Morgan fingerprint density at radius 2 is 2.00 bits per heavy atom. The van der Waals surface area contributed by atoms with Gasteiger partial charge in [-0.15, -0.1) is 0 Å². The molecule has 1 unspecified atom stereocenters. The Bertz CT molecular complexity index is 356. The lowest BCUT2D eigenvalue weighted by molar-refractivity contribution is 0.308. The van der Waals surface area contributed by atoms with E-state index in [0.717, 1.165) is 12.1 Å². The maximum atomic E-state index is 8.28. The summed E-state index contributed by atoms with van der Waals surface area (Å²) in [5.74, 6) is 1.32.